The van der Waals surface area contributed by atoms with Crippen molar-refractivity contribution < 1.29 is 9.53 Å². The molecule has 0 aliphatic heterocycles. The maximum atomic E-state index is 11.7. The highest BCUT2D eigenvalue weighted by Crippen LogP contribution is 2.19. The van der Waals surface area contributed by atoms with Gasteiger partial charge in [-0.05, 0) is 25.3 Å². The predicted octanol–water partition coefficient (Wildman–Crippen LogP) is 2.69. The number of ether oxygens (including phenoxy) is 1. The Bertz CT molecular complexity index is 433. The lowest BCUT2D eigenvalue weighted by molar-refractivity contribution is 0.0527. The summed E-state index contributed by atoms with van der Waals surface area (Å²) in [7, 11) is 0. The molecule has 1 aromatic heterocycles. The Labute approximate surface area is 114 Å². The van der Waals surface area contributed by atoms with E-state index in [-0.39, 0.29) is 0 Å². The van der Waals surface area contributed by atoms with E-state index in [0.717, 1.165) is 6.42 Å². The van der Waals surface area contributed by atoms with Crippen LogP contribution in [0.1, 0.15) is 44.5 Å². The van der Waals surface area contributed by atoms with E-state index in [2.05, 4.69) is 31.1 Å². The summed E-state index contributed by atoms with van der Waals surface area (Å²) in [6, 6.07) is 1.96. The summed E-state index contributed by atoms with van der Waals surface area (Å²) in [5.41, 5.74) is 6.45. The van der Waals surface area contributed by atoms with Gasteiger partial charge in [-0.3, -0.25) is 0 Å². The Morgan fingerprint density at radius 3 is 2.68 bits per heavy atom. The maximum Gasteiger partial charge on any atom is 0.340 e. The molecule has 0 radical (unpaired) electrons. The molecular formula is C14H23N3O2. The Balaban J connectivity index is 2.92. The first-order chi connectivity index (χ1) is 8.99. The molecule has 0 amide bonds. The van der Waals surface area contributed by atoms with Crippen LogP contribution in [0.3, 0.4) is 0 Å². The Hall–Kier alpha value is -1.78. The molecule has 19 heavy (non-hydrogen) atoms. The third-order valence-corrected chi connectivity index (χ3v) is 3.01. The zero-order valence-electron chi connectivity index (χ0n) is 12.1. The summed E-state index contributed by atoms with van der Waals surface area (Å²) in [5, 5.41) is 3.32. The van der Waals surface area contributed by atoms with Gasteiger partial charge in [-0.2, -0.15) is 0 Å². The number of esters is 1. The highest BCUT2D eigenvalue weighted by Gasteiger charge is 2.15. The molecule has 0 aliphatic carbocycles. The lowest BCUT2D eigenvalue weighted by Crippen LogP contribution is -2.25. The van der Waals surface area contributed by atoms with E-state index in [1.807, 2.05) is 0 Å². The fourth-order valence-corrected chi connectivity index (χ4v) is 1.86. The van der Waals surface area contributed by atoms with Crippen LogP contribution in [0.15, 0.2) is 12.3 Å². The second kappa shape index (κ2) is 6.97. The fourth-order valence-electron chi connectivity index (χ4n) is 1.86. The first-order valence-corrected chi connectivity index (χ1v) is 6.68. The molecule has 1 heterocycles. The van der Waals surface area contributed by atoms with Crippen LogP contribution in [0.5, 0.6) is 0 Å². The molecule has 0 saturated heterocycles. The molecule has 1 unspecified atom stereocenters. The third-order valence-electron chi connectivity index (χ3n) is 3.01. The van der Waals surface area contributed by atoms with Crippen LogP contribution in [0.25, 0.3) is 0 Å². The summed E-state index contributed by atoms with van der Waals surface area (Å²) >= 11 is 0. The van der Waals surface area contributed by atoms with Crippen molar-refractivity contribution in [1.82, 2.24) is 4.98 Å². The Morgan fingerprint density at radius 2 is 2.16 bits per heavy atom. The van der Waals surface area contributed by atoms with E-state index in [0.29, 0.717) is 35.6 Å². The van der Waals surface area contributed by atoms with Gasteiger partial charge < -0.3 is 15.8 Å². The van der Waals surface area contributed by atoms with Gasteiger partial charge in [0.15, 0.2) is 0 Å². The number of rotatable bonds is 6. The van der Waals surface area contributed by atoms with E-state index in [1.165, 1.54) is 6.20 Å². The molecule has 0 bridgehead atoms. The average Bonchev–Trinajstić information content (AvgIpc) is 2.37. The minimum Gasteiger partial charge on any atom is -0.462 e. The molecule has 3 N–H and O–H groups in total. The van der Waals surface area contributed by atoms with Crippen LogP contribution in [0, 0.1) is 5.92 Å². The van der Waals surface area contributed by atoms with E-state index in [4.69, 9.17) is 10.5 Å². The van der Waals surface area contributed by atoms with Gasteiger partial charge in [0, 0.05) is 6.04 Å². The van der Waals surface area contributed by atoms with Crippen molar-refractivity contribution in [2.45, 2.75) is 40.2 Å². The molecular weight excluding hydrogens is 242 g/mol. The van der Waals surface area contributed by atoms with Crippen molar-refractivity contribution in [3.8, 4) is 0 Å². The second-order valence-corrected chi connectivity index (χ2v) is 4.78. The first-order valence-electron chi connectivity index (χ1n) is 6.68. The van der Waals surface area contributed by atoms with Gasteiger partial charge in [-0.1, -0.05) is 20.8 Å². The van der Waals surface area contributed by atoms with Gasteiger partial charge in [-0.25, -0.2) is 9.78 Å². The van der Waals surface area contributed by atoms with E-state index in [9.17, 15) is 4.79 Å². The van der Waals surface area contributed by atoms with E-state index < -0.39 is 5.97 Å². The average molecular weight is 265 g/mol. The molecule has 0 fully saturated rings. The third kappa shape index (κ3) is 4.12. The Kier molecular flexibility index (Phi) is 5.60. The number of carbonyl (C=O) groups is 1. The highest BCUT2D eigenvalue weighted by atomic mass is 16.5. The smallest absolute Gasteiger partial charge is 0.340 e. The zero-order valence-corrected chi connectivity index (χ0v) is 12.1. The van der Waals surface area contributed by atoms with Gasteiger partial charge in [0.2, 0.25) is 0 Å². The van der Waals surface area contributed by atoms with Crippen molar-refractivity contribution >= 4 is 17.5 Å². The van der Waals surface area contributed by atoms with Crippen LogP contribution in [-0.2, 0) is 4.74 Å². The quantitative estimate of drug-likeness (QED) is 0.773. The number of nitrogen functional groups attached to an aromatic ring is 1. The predicted molar refractivity (Wildman–Crippen MR) is 77.1 cm³/mol. The van der Waals surface area contributed by atoms with Crippen molar-refractivity contribution in [1.29, 1.82) is 0 Å². The standard InChI is InChI=1S/C14H23N3O2/c1-5-12(9(3)4)17-13-7-10(11(15)8-16-13)14(18)19-6-2/h7-9,12H,5-6,15H2,1-4H3,(H,16,17). The summed E-state index contributed by atoms with van der Waals surface area (Å²) in [6.45, 7) is 8.49. The van der Waals surface area contributed by atoms with Gasteiger partial charge in [0.05, 0.1) is 24.1 Å². The number of aromatic nitrogens is 1. The molecule has 1 rings (SSSR count). The van der Waals surface area contributed by atoms with Gasteiger partial charge >= 0.3 is 5.97 Å². The monoisotopic (exact) mass is 265 g/mol. The molecule has 1 atom stereocenters. The lowest BCUT2D eigenvalue weighted by atomic mass is 10.0. The molecule has 0 saturated carbocycles. The number of pyridine rings is 1. The van der Waals surface area contributed by atoms with Crippen LogP contribution < -0.4 is 11.1 Å². The van der Waals surface area contributed by atoms with Gasteiger partial charge in [0.25, 0.3) is 0 Å². The summed E-state index contributed by atoms with van der Waals surface area (Å²) < 4.78 is 4.97. The van der Waals surface area contributed by atoms with E-state index >= 15 is 0 Å². The number of anilines is 2. The van der Waals surface area contributed by atoms with Gasteiger partial charge in [0.1, 0.15) is 5.82 Å². The molecule has 5 nitrogen and oxygen atoms in total. The van der Waals surface area contributed by atoms with Crippen molar-refractivity contribution in [2.75, 3.05) is 17.7 Å². The van der Waals surface area contributed by atoms with Crippen molar-refractivity contribution in [3.63, 3.8) is 0 Å². The number of carbonyl (C=O) groups excluding carboxylic acids is 1. The second-order valence-electron chi connectivity index (χ2n) is 4.78. The largest absolute Gasteiger partial charge is 0.462 e. The van der Waals surface area contributed by atoms with Crippen molar-refractivity contribution in [3.05, 3.63) is 17.8 Å². The zero-order chi connectivity index (χ0) is 14.4. The number of nitrogens with two attached hydrogens (primary N) is 1. The van der Waals surface area contributed by atoms with Crippen LogP contribution in [0.4, 0.5) is 11.5 Å². The summed E-state index contributed by atoms with van der Waals surface area (Å²) in [4.78, 5) is 16.0. The fraction of sp³-hybridized carbons (Fsp3) is 0.571. The van der Waals surface area contributed by atoms with Gasteiger partial charge in [-0.15, -0.1) is 0 Å². The molecule has 1 aromatic rings. The highest BCUT2D eigenvalue weighted by molar-refractivity contribution is 5.95. The number of hydrogen-bond acceptors (Lipinski definition) is 5. The molecule has 106 valence electrons. The SMILES string of the molecule is CCOC(=O)c1cc(NC(CC)C(C)C)ncc1N. The lowest BCUT2D eigenvalue weighted by Gasteiger charge is -2.21. The van der Waals surface area contributed by atoms with Crippen LogP contribution >= 0.6 is 0 Å². The summed E-state index contributed by atoms with van der Waals surface area (Å²) in [6.07, 6.45) is 2.47. The minimum absolute atomic E-state index is 0.311. The van der Waals surface area contributed by atoms with Crippen molar-refractivity contribution in [2.24, 2.45) is 5.92 Å². The molecule has 0 aromatic carbocycles. The normalized spacial score (nSPS) is 12.3. The van der Waals surface area contributed by atoms with Crippen LogP contribution in [-0.4, -0.2) is 23.6 Å². The molecule has 0 spiro atoms. The first kappa shape index (κ1) is 15.3. The number of nitrogens with zero attached hydrogens (tertiary/aromatic N) is 1. The van der Waals surface area contributed by atoms with E-state index in [1.54, 1.807) is 13.0 Å². The summed E-state index contributed by atoms with van der Waals surface area (Å²) in [5.74, 6) is 0.719. The number of hydrogen-bond donors (Lipinski definition) is 2. The number of nitrogens with one attached hydrogen (secondary N) is 1. The molecule has 5 heteroatoms. The Morgan fingerprint density at radius 1 is 1.47 bits per heavy atom. The minimum atomic E-state index is -0.414. The topological polar surface area (TPSA) is 77.2 Å². The maximum absolute atomic E-state index is 11.7. The molecule has 0 aliphatic rings. The van der Waals surface area contributed by atoms with Crippen LogP contribution in [0.2, 0.25) is 0 Å².